The molecule has 1 N–H and O–H groups in total. The summed E-state index contributed by atoms with van der Waals surface area (Å²) in [5.41, 5.74) is 1.20. The SMILES string of the molecule is CN(C)C1(CNC2CCS(=O)(=O)c3ccccc32)CCC1. The van der Waals surface area contributed by atoms with E-state index >= 15 is 0 Å². The molecule has 0 amide bonds. The minimum absolute atomic E-state index is 0.155. The molecule has 21 heavy (non-hydrogen) atoms. The Kier molecular flexibility index (Phi) is 3.84. The summed E-state index contributed by atoms with van der Waals surface area (Å²) >= 11 is 0. The normalized spacial score (nSPS) is 26.1. The van der Waals surface area contributed by atoms with Gasteiger partial charge in [-0.3, -0.25) is 0 Å². The Morgan fingerprint density at radius 1 is 1.29 bits per heavy atom. The molecule has 4 nitrogen and oxygen atoms in total. The molecule has 0 saturated heterocycles. The van der Waals surface area contributed by atoms with E-state index in [2.05, 4.69) is 24.3 Å². The van der Waals surface area contributed by atoms with Crippen LogP contribution in [0.25, 0.3) is 0 Å². The van der Waals surface area contributed by atoms with Gasteiger partial charge in [0, 0.05) is 18.1 Å². The summed E-state index contributed by atoms with van der Waals surface area (Å²) in [6, 6.07) is 7.59. The number of nitrogens with zero attached hydrogens (tertiary/aromatic N) is 1. The quantitative estimate of drug-likeness (QED) is 0.924. The molecule has 0 radical (unpaired) electrons. The van der Waals surface area contributed by atoms with Crippen molar-refractivity contribution in [3.05, 3.63) is 29.8 Å². The number of hydrogen-bond donors (Lipinski definition) is 1. The highest BCUT2D eigenvalue weighted by atomic mass is 32.2. The molecule has 1 fully saturated rings. The summed E-state index contributed by atoms with van der Waals surface area (Å²) in [6.45, 7) is 0.930. The van der Waals surface area contributed by atoms with Gasteiger partial charge in [0.05, 0.1) is 10.6 Å². The van der Waals surface area contributed by atoms with Crippen molar-refractivity contribution in [1.82, 2.24) is 10.2 Å². The van der Waals surface area contributed by atoms with Crippen LogP contribution in [0.3, 0.4) is 0 Å². The first-order valence-corrected chi connectivity index (χ1v) is 9.32. The van der Waals surface area contributed by atoms with Gasteiger partial charge in [0.15, 0.2) is 9.84 Å². The summed E-state index contributed by atoms with van der Waals surface area (Å²) < 4.78 is 24.3. The number of nitrogens with one attached hydrogen (secondary N) is 1. The number of fused-ring (bicyclic) bond motifs is 1. The molecule has 1 unspecified atom stereocenters. The van der Waals surface area contributed by atoms with E-state index in [1.807, 2.05) is 18.2 Å². The highest BCUT2D eigenvalue weighted by Gasteiger charge is 2.40. The van der Waals surface area contributed by atoms with Gasteiger partial charge in [0.1, 0.15) is 0 Å². The molecule has 1 heterocycles. The molecule has 1 aliphatic heterocycles. The Bertz CT molecular complexity index is 621. The molecule has 1 saturated carbocycles. The van der Waals surface area contributed by atoms with E-state index in [1.165, 1.54) is 19.3 Å². The van der Waals surface area contributed by atoms with E-state index in [4.69, 9.17) is 0 Å². The van der Waals surface area contributed by atoms with Gasteiger partial charge in [0.2, 0.25) is 0 Å². The standard InChI is InChI=1S/C16H24N2O2S/c1-18(2)16(9-5-10-16)12-17-14-8-11-21(19,20)15-7-4-3-6-13(14)15/h3-4,6-7,14,17H,5,8-12H2,1-2H3. The molecule has 1 aromatic carbocycles. The number of likely N-dealkylation sites (N-methyl/N-ethyl adjacent to an activating group) is 1. The first-order valence-electron chi connectivity index (χ1n) is 7.67. The van der Waals surface area contributed by atoms with Crippen LogP contribution in [0, 0.1) is 0 Å². The van der Waals surface area contributed by atoms with E-state index in [0.717, 1.165) is 12.1 Å². The monoisotopic (exact) mass is 308 g/mol. The fourth-order valence-electron chi connectivity index (χ4n) is 3.48. The molecule has 1 atom stereocenters. The van der Waals surface area contributed by atoms with Crippen LogP contribution >= 0.6 is 0 Å². The van der Waals surface area contributed by atoms with Crippen molar-refractivity contribution in [2.75, 3.05) is 26.4 Å². The third kappa shape index (κ3) is 2.62. The predicted octanol–water partition coefficient (Wildman–Crippen LogP) is 1.98. The molecule has 0 bridgehead atoms. The second-order valence-electron chi connectivity index (χ2n) is 6.55. The molecular formula is C16H24N2O2S. The fourth-order valence-corrected chi connectivity index (χ4v) is 5.10. The third-order valence-corrected chi connectivity index (χ3v) is 7.03. The van der Waals surface area contributed by atoms with Crippen molar-refractivity contribution >= 4 is 9.84 Å². The van der Waals surface area contributed by atoms with Gasteiger partial charge in [-0.1, -0.05) is 18.2 Å². The van der Waals surface area contributed by atoms with E-state index < -0.39 is 9.84 Å². The molecule has 2 aliphatic rings. The van der Waals surface area contributed by atoms with Crippen LogP contribution in [0.5, 0.6) is 0 Å². The molecular weight excluding hydrogens is 284 g/mol. The lowest BCUT2D eigenvalue weighted by molar-refractivity contribution is 0.0567. The highest BCUT2D eigenvalue weighted by molar-refractivity contribution is 7.91. The molecule has 0 spiro atoms. The Morgan fingerprint density at radius 3 is 2.62 bits per heavy atom. The van der Waals surface area contributed by atoms with Crippen LogP contribution < -0.4 is 5.32 Å². The van der Waals surface area contributed by atoms with Gasteiger partial charge in [-0.2, -0.15) is 0 Å². The number of rotatable bonds is 4. The van der Waals surface area contributed by atoms with Crippen LogP contribution in [0.1, 0.15) is 37.3 Å². The average Bonchev–Trinajstić information content (AvgIpc) is 2.39. The first-order chi connectivity index (χ1) is 9.95. The van der Waals surface area contributed by atoms with E-state index in [0.29, 0.717) is 11.3 Å². The maximum absolute atomic E-state index is 12.2. The van der Waals surface area contributed by atoms with Crippen molar-refractivity contribution in [3.8, 4) is 0 Å². The summed E-state index contributed by atoms with van der Waals surface area (Å²) in [6.07, 6.45) is 4.40. The summed E-state index contributed by atoms with van der Waals surface area (Å²) in [7, 11) is 1.19. The van der Waals surface area contributed by atoms with Crippen LogP contribution in [0.15, 0.2) is 29.2 Å². The first kappa shape index (κ1) is 15.0. The van der Waals surface area contributed by atoms with E-state index in [1.54, 1.807) is 6.07 Å². The molecule has 5 heteroatoms. The zero-order chi connectivity index (χ0) is 15.1. The van der Waals surface area contributed by atoms with Gasteiger partial charge in [-0.25, -0.2) is 8.42 Å². The largest absolute Gasteiger partial charge is 0.308 e. The molecule has 1 aromatic rings. The Morgan fingerprint density at radius 2 is 2.00 bits per heavy atom. The van der Waals surface area contributed by atoms with Gasteiger partial charge < -0.3 is 10.2 Å². The second kappa shape index (κ2) is 5.38. The van der Waals surface area contributed by atoms with Crippen LogP contribution in [0.4, 0.5) is 0 Å². The lowest BCUT2D eigenvalue weighted by atomic mass is 9.75. The lowest BCUT2D eigenvalue weighted by Gasteiger charge is -2.48. The number of benzene rings is 1. The molecule has 116 valence electrons. The zero-order valence-corrected chi connectivity index (χ0v) is 13.6. The van der Waals surface area contributed by atoms with Gasteiger partial charge >= 0.3 is 0 Å². The molecule has 0 aromatic heterocycles. The minimum Gasteiger partial charge on any atom is -0.308 e. The lowest BCUT2D eigenvalue weighted by Crippen LogP contribution is -2.57. The van der Waals surface area contributed by atoms with Crippen molar-refractivity contribution in [2.45, 2.75) is 42.2 Å². The van der Waals surface area contributed by atoms with Crippen LogP contribution in [0.2, 0.25) is 0 Å². The Balaban J connectivity index is 1.79. The number of hydrogen-bond acceptors (Lipinski definition) is 4. The van der Waals surface area contributed by atoms with Gasteiger partial charge in [-0.05, 0) is 51.4 Å². The van der Waals surface area contributed by atoms with Crippen molar-refractivity contribution < 1.29 is 8.42 Å². The van der Waals surface area contributed by atoms with E-state index in [9.17, 15) is 8.42 Å². The van der Waals surface area contributed by atoms with E-state index in [-0.39, 0.29) is 17.3 Å². The van der Waals surface area contributed by atoms with Crippen molar-refractivity contribution in [1.29, 1.82) is 0 Å². The maximum atomic E-state index is 12.2. The van der Waals surface area contributed by atoms with Gasteiger partial charge in [0.25, 0.3) is 0 Å². The smallest absolute Gasteiger partial charge is 0.178 e. The molecule has 1 aliphatic carbocycles. The summed E-state index contributed by atoms with van der Waals surface area (Å²) in [4.78, 5) is 2.83. The fraction of sp³-hybridized carbons (Fsp3) is 0.625. The average molecular weight is 308 g/mol. The summed E-state index contributed by atoms with van der Waals surface area (Å²) in [5.74, 6) is 0.247. The zero-order valence-electron chi connectivity index (χ0n) is 12.8. The maximum Gasteiger partial charge on any atom is 0.178 e. The molecule has 3 rings (SSSR count). The number of sulfone groups is 1. The summed E-state index contributed by atoms with van der Waals surface area (Å²) in [5, 5.41) is 3.63. The van der Waals surface area contributed by atoms with Crippen molar-refractivity contribution in [2.24, 2.45) is 0 Å². The van der Waals surface area contributed by atoms with Crippen LogP contribution in [-0.2, 0) is 9.84 Å². The predicted molar refractivity (Wildman–Crippen MR) is 84.1 cm³/mol. The van der Waals surface area contributed by atoms with Crippen LogP contribution in [-0.4, -0.2) is 45.2 Å². The highest BCUT2D eigenvalue weighted by Crippen LogP contribution is 2.37. The third-order valence-electron chi connectivity index (χ3n) is 5.22. The Labute approximate surface area is 127 Å². The topological polar surface area (TPSA) is 49.4 Å². The second-order valence-corrected chi connectivity index (χ2v) is 8.63. The Hall–Kier alpha value is -0.910. The van der Waals surface area contributed by atoms with Gasteiger partial charge in [-0.15, -0.1) is 0 Å². The minimum atomic E-state index is -3.09. The van der Waals surface area contributed by atoms with Crippen molar-refractivity contribution in [3.63, 3.8) is 0 Å².